The van der Waals surface area contributed by atoms with E-state index < -0.39 is 17.5 Å². The van der Waals surface area contributed by atoms with Crippen molar-refractivity contribution in [3.63, 3.8) is 0 Å². The summed E-state index contributed by atoms with van der Waals surface area (Å²) in [5, 5.41) is 7.63. The van der Waals surface area contributed by atoms with Crippen LogP contribution in [-0.2, 0) is 14.3 Å². The highest BCUT2D eigenvalue weighted by atomic mass is 16.7. The molecule has 2 aromatic rings. The van der Waals surface area contributed by atoms with Crippen molar-refractivity contribution in [3.8, 4) is 0 Å². The highest BCUT2D eigenvalue weighted by molar-refractivity contribution is 5.89. The van der Waals surface area contributed by atoms with E-state index in [0.29, 0.717) is 11.0 Å². The molecule has 0 saturated carbocycles. The van der Waals surface area contributed by atoms with Gasteiger partial charge < -0.3 is 9.57 Å². The Morgan fingerprint density at radius 2 is 1.91 bits per heavy atom. The maximum atomic E-state index is 12.0. The number of carbonyl (C=O) groups excluding carboxylic acids is 2. The summed E-state index contributed by atoms with van der Waals surface area (Å²) in [6.45, 7) is 8.98. The lowest BCUT2D eigenvalue weighted by atomic mass is 10.1. The monoisotopic (exact) mass is 317 g/mol. The van der Waals surface area contributed by atoms with E-state index in [1.165, 1.54) is 0 Å². The van der Waals surface area contributed by atoms with Crippen LogP contribution in [-0.4, -0.2) is 32.7 Å². The van der Waals surface area contributed by atoms with Crippen molar-refractivity contribution in [2.75, 3.05) is 0 Å². The van der Waals surface area contributed by atoms with Crippen molar-refractivity contribution in [1.29, 1.82) is 0 Å². The minimum absolute atomic E-state index is 0.0588. The SMILES string of the molecule is C=C(CCC(=O)OC(C)(C)C)C(=O)On1nnc2ccccc21. The zero-order chi connectivity index (χ0) is 17.0. The molecule has 7 heteroatoms. The van der Waals surface area contributed by atoms with Gasteiger partial charge in [0.05, 0.1) is 0 Å². The van der Waals surface area contributed by atoms with Crippen LogP contribution in [0.1, 0.15) is 33.6 Å². The van der Waals surface area contributed by atoms with E-state index in [4.69, 9.17) is 9.57 Å². The van der Waals surface area contributed by atoms with Crippen molar-refractivity contribution in [2.24, 2.45) is 0 Å². The summed E-state index contributed by atoms with van der Waals surface area (Å²) in [7, 11) is 0. The summed E-state index contributed by atoms with van der Waals surface area (Å²) in [5.74, 6) is -1.05. The molecular weight excluding hydrogens is 298 g/mol. The second-order valence-electron chi connectivity index (χ2n) is 6.02. The number of fused-ring (bicyclic) bond motifs is 1. The first-order valence-electron chi connectivity index (χ1n) is 7.19. The first-order valence-corrected chi connectivity index (χ1v) is 7.19. The van der Waals surface area contributed by atoms with Crippen LogP contribution in [0.4, 0.5) is 0 Å². The molecule has 0 aliphatic carbocycles. The molecule has 0 atom stereocenters. The van der Waals surface area contributed by atoms with E-state index in [0.717, 1.165) is 4.85 Å². The molecule has 23 heavy (non-hydrogen) atoms. The number of nitrogens with zero attached hydrogens (tertiary/aromatic N) is 3. The van der Waals surface area contributed by atoms with E-state index in [1.54, 1.807) is 39.0 Å². The van der Waals surface area contributed by atoms with Gasteiger partial charge >= 0.3 is 11.9 Å². The van der Waals surface area contributed by atoms with E-state index in [2.05, 4.69) is 16.9 Å². The molecule has 0 amide bonds. The summed E-state index contributed by atoms with van der Waals surface area (Å²) in [5.41, 5.74) is 0.786. The minimum Gasteiger partial charge on any atom is -0.460 e. The Hall–Kier alpha value is -2.70. The van der Waals surface area contributed by atoms with Crippen molar-refractivity contribution in [1.82, 2.24) is 15.2 Å². The number of benzene rings is 1. The largest absolute Gasteiger partial charge is 0.460 e. The number of hydrogen-bond donors (Lipinski definition) is 0. The van der Waals surface area contributed by atoms with E-state index >= 15 is 0 Å². The molecule has 1 aromatic carbocycles. The van der Waals surface area contributed by atoms with Crippen molar-refractivity contribution < 1.29 is 19.2 Å². The maximum Gasteiger partial charge on any atom is 0.361 e. The number of para-hydroxylation sites is 1. The third kappa shape index (κ3) is 4.64. The van der Waals surface area contributed by atoms with E-state index in [-0.39, 0.29) is 18.4 Å². The second-order valence-corrected chi connectivity index (χ2v) is 6.02. The van der Waals surface area contributed by atoms with Gasteiger partial charge in [0, 0.05) is 12.0 Å². The summed E-state index contributed by atoms with van der Waals surface area (Å²) < 4.78 is 5.17. The molecule has 122 valence electrons. The minimum atomic E-state index is -0.663. The third-order valence-corrected chi connectivity index (χ3v) is 2.83. The number of ether oxygens (including phenoxy) is 1. The van der Waals surface area contributed by atoms with Crippen LogP contribution in [0, 0.1) is 0 Å². The zero-order valence-corrected chi connectivity index (χ0v) is 13.4. The molecule has 7 nitrogen and oxygen atoms in total. The third-order valence-electron chi connectivity index (χ3n) is 2.83. The molecule has 0 aliphatic rings. The summed E-state index contributed by atoms with van der Waals surface area (Å²) in [6.07, 6.45) is 0.212. The van der Waals surface area contributed by atoms with Gasteiger partial charge in [-0.25, -0.2) is 4.79 Å². The Morgan fingerprint density at radius 3 is 2.61 bits per heavy atom. The quantitative estimate of drug-likeness (QED) is 0.477. The number of hydrogen-bond acceptors (Lipinski definition) is 6. The summed E-state index contributed by atoms with van der Waals surface area (Å²) >= 11 is 0. The standard InChI is InChI=1S/C16H19N3O4/c1-11(9-10-14(20)22-16(2,3)4)15(21)23-19-13-8-6-5-7-12(13)17-18-19/h5-8H,1,9-10H2,2-4H3. The molecule has 1 aromatic heterocycles. The fourth-order valence-corrected chi connectivity index (χ4v) is 1.81. The summed E-state index contributed by atoms with van der Waals surface area (Å²) in [4.78, 5) is 29.8. The van der Waals surface area contributed by atoms with Gasteiger partial charge in [-0.05, 0) is 44.5 Å². The molecule has 0 unspecified atom stereocenters. The van der Waals surface area contributed by atoms with Crippen LogP contribution in [0.2, 0.25) is 0 Å². The Labute approximate surface area is 133 Å². The molecular formula is C16H19N3O4. The van der Waals surface area contributed by atoms with Crippen LogP contribution in [0.25, 0.3) is 11.0 Å². The molecule has 0 N–H and O–H groups in total. The lowest BCUT2D eigenvalue weighted by Crippen LogP contribution is -2.25. The Balaban J connectivity index is 1.91. The van der Waals surface area contributed by atoms with Crippen molar-refractivity contribution in [2.45, 2.75) is 39.2 Å². The highest BCUT2D eigenvalue weighted by Gasteiger charge is 2.18. The Bertz CT molecular complexity index is 743. The summed E-state index contributed by atoms with van der Waals surface area (Å²) in [6, 6.07) is 7.08. The van der Waals surface area contributed by atoms with Gasteiger partial charge in [-0.3, -0.25) is 4.79 Å². The smallest absolute Gasteiger partial charge is 0.361 e. The predicted octanol–water partition coefficient (Wildman–Crippen LogP) is 2.06. The average molecular weight is 317 g/mol. The van der Waals surface area contributed by atoms with Gasteiger partial charge in [-0.1, -0.05) is 23.6 Å². The lowest BCUT2D eigenvalue weighted by Gasteiger charge is -2.19. The molecule has 2 rings (SSSR count). The fourth-order valence-electron chi connectivity index (χ4n) is 1.81. The molecule has 1 heterocycles. The van der Waals surface area contributed by atoms with Gasteiger partial charge in [-0.2, -0.15) is 0 Å². The molecule has 0 aliphatic heterocycles. The Kier molecular flexibility index (Phi) is 4.78. The van der Waals surface area contributed by atoms with Crippen molar-refractivity contribution >= 4 is 23.0 Å². The predicted molar refractivity (Wildman–Crippen MR) is 83.3 cm³/mol. The van der Waals surface area contributed by atoms with Gasteiger partial charge in [0.15, 0.2) is 0 Å². The van der Waals surface area contributed by atoms with Gasteiger partial charge in [0.25, 0.3) is 0 Å². The zero-order valence-electron chi connectivity index (χ0n) is 13.4. The second kappa shape index (κ2) is 6.60. The van der Waals surface area contributed by atoms with E-state index in [1.807, 2.05) is 6.07 Å². The normalized spacial score (nSPS) is 11.3. The van der Waals surface area contributed by atoms with Gasteiger partial charge in [-0.15, -0.1) is 5.10 Å². The van der Waals surface area contributed by atoms with Crippen LogP contribution in [0.15, 0.2) is 36.4 Å². The first-order chi connectivity index (χ1) is 10.8. The van der Waals surface area contributed by atoms with Crippen LogP contribution in [0.3, 0.4) is 0 Å². The maximum absolute atomic E-state index is 12.0. The van der Waals surface area contributed by atoms with Crippen LogP contribution < -0.4 is 4.84 Å². The van der Waals surface area contributed by atoms with Gasteiger partial charge in [0.1, 0.15) is 16.6 Å². The average Bonchev–Trinajstić information content (AvgIpc) is 2.86. The number of rotatable bonds is 5. The fraction of sp³-hybridized carbons (Fsp3) is 0.375. The van der Waals surface area contributed by atoms with Crippen LogP contribution >= 0.6 is 0 Å². The topological polar surface area (TPSA) is 83.3 Å². The molecule has 0 fully saturated rings. The molecule has 0 bridgehead atoms. The van der Waals surface area contributed by atoms with Gasteiger partial charge in [0.2, 0.25) is 0 Å². The Morgan fingerprint density at radius 1 is 1.22 bits per heavy atom. The highest BCUT2D eigenvalue weighted by Crippen LogP contribution is 2.12. The number of aromatic nitrogens is 3. The first kappa shape index (κ1) is 16.7. The van der Waals surface area contributed by atoms with Crippen LogP contribution in [0.5, 0.6) is 0 Å². The molecule has 0 spiro atoms. The molecule has 0 saturated heterocycles. The van der Waals surface area contributed by atoms with E-state index in [9.17, 15) is 9.59 Å². The number of esters is 1. The lowest BCUT2D eigenvalue weighted by molar-refractivity contribution is -0.154. The number of carbonyl (C=O) groups is 2. The van der Waals surface area contributed by atoms with Crippen molar-refractivity contribution in [3.05, 3.63) is 36.4 Å². The molecule has 0 radical (unpaired) electrons.